The molecule has 7 heteroatoms. The Kier molecular flexibility index (Phi) is 5.89. The van der Waals surface area contributed by atoms with Crippen molar-refractivity contribution in [2.75, 3.05) is 25.5 Å². The van der Waals surface area contributed by atoms with Gasteiger partial charge < -0.3 is 14.7 Å². The van der Waals surface area contributed by atoms with Crippen molar-refractivity contribution in [2.24, 2.45) is 0 Å². The summed E-state index contributed by atoms with van der Waals surface area (Å²) in [5.74, 6) is -1.53. The number of ether oxygens (including phenoxy) is 1. The third-order valence-corrected chi connectivity index (χ3v) is 5.44. The second-order valence-electron chi connectivity index (χ2n) is 7.58. The van der Waals surface area contributed by atoms with Gasteiger partial charge in [0.1, 0.15) is 13.2 Å². The molecule has 1 aliphatic rings. The van der Waals surface area contributed by atoms with Gasteiger partial charge in [-0.15, -0.1) is 0 Å². The molecule has 0 unspecified atom stereocenters. The fraction of sp³-hybridized carbons (Fsp3) is 0.160. The maximum absolute atomic E-state index is 12.4. The normalized spacial score (nSPS) is 11.9. The van der Waals surface area contributed by atoms with Crippen molar-refractivity contribution in [3.8, 4) is 11.1 Å². The van der Waals surface area contributed by atoms with Crippen molar-refractivity contribution in [3.63, 3.8) is 0 Å². The van der Waals surface area contributed by atoms with Crippen molar-refractivity contribution in [3.05, 3.63) is 89.5 Å². The Labute approximate surface area is 185 Å². The molecular formula is C25H22N2O5. The number of amides is 2. The summed E-state index contributed by atoms with van der Waals surface area (Å²) in [5.41, 5.74) is 5.38. The molecule has 0 atom stereocenters. The van der Waals surface area contributed by atoms with Crippen LogP contribution in [-0.4, -0.2) is 48.2 Å². The van der Waals surface area contributed by atoms with Gasteiger partial charge in [0, 0.05) is 24.2 Å². The Morgan fingerprint density at radius 3 is 2.03 bits per heavy atom. The number of carboxylic acid groups (broad SMARTS) is 1. The van der Waals surface area contributed by atoms with Crippen molar-refractivity contribution < 1.29 is 24.2 Å². The van der Waals surface area contributed by atoms with E-state index >= 15 is 0 Å². The number of benzene rings is 3. The number of hydrogen-bond acceptors (Lipinski definition) is 4. The number of likely N-dealkylation sites (N-methyl/N-ethyl adjacent to an activating group) is 1. The van der Waals surface area contributed by atoms with Crippen molar-refractivity contribution in [1.29, 1.82) is 0 Å². The predicted molar refractivity (Wildman–Crippen MR) is 120 cm³/mol. The molecule has 0 fully saturated rings. The summed E-state index contributed by atoms with van der Waals surface area (Å²) in [7, 11) is 1.42. The molecule has 3 aromatic rings. The first kappa shape index (κ1) is 21.1. The maximum Gasteiger partial charge on any atom is 0.411 e. The molecule has 2 amide bonds. The fourth-order valence-electron chi connectivity index (χ4n) is 3.94. The molecule has 0 saturated heterocycles. The number of carbonyl (C=O) groups excluding carboxylic acids is 2. The lowest BCUT2D eigenvalue weighted by Gasteiger charge is -2.15. The average molecular weight is 430 g/mol. The monoisotopic (exact) mass is 430 g/mol. The summed E-state index contributed by atoms with van der Waals surface area (Å²) < 4.78 is 5.51. The lowest BCUT2D eigenvalue weighted by molar-refractivity contribution is -0.137. The summed E-state index contributed by atoms with van der Waals surface area (Å²) >= 11 is 0. The molecule has 3 aromatic carbocycles. The summed E-state index contributed by atoms with van der Waals surface area (Å²) in [4.78, 5) is 36.4. The average Bonchev–Trinajstić information content (AvgIpc) is 3.11. The van der Waals surface area contributed by atoms with E-state index in [9.17, 15) is 14.4 Å². The molecule has 32 heavy (non-hydrogen) atoms. The Balaban J connectivity index is 1.38. The first-order valence-corrected chi connectivity index (χ1v) is 10.1. The number of fused-ring (bicyclic) bond motifs is 3. The van der Waals surface area contributed by atoms with Crippen LogP contribution in [0.1, 0.15) is 27.4 Å². The highest BCUT2D eigenvalue weighted by Gasteiger charge is 2.29. The summed E-state index contributed by atoms with van der Waals surface area (Å²) in [6, 6.07) is 22.4. The van der Waals surface area contributed by atoms with Crippen LogP contribution >= 0.6 is 0 Å². The number of rotatable bonds is 6. The molecule has 0 spiro atoms. The van der Waals surface area contributed by atoms with Crippen molar-refractivity contribution in [1.82, 2.24) is 4.90 Å². The van der Waals surface area contributed by atoms with Gasteiger partial charge in [0.2, 0.25) is 0 Å². The van der Waals surface area contributed by atoms with E-state index in [-0.39, 0.29) is 12.5 Å². The van der Waals surface area contributed by atoms with Crippen molar-refractivity contribution in [2.45, 2.75) is 5.92 Å². The highest BCUT2D eigenvalue weighted by Crippen LogP contribution is 2.44. The van der Waals surface area contributed by atoms with Crippen LogP contribution in [0.4, 0.5) is 10.5 Å². The van der Waals surface area contributed by atoms with E-state index < -0.39 is 24.5 Å². The maximum atomic E-state index is 12.4. The van der Waals surface area contributed by atoms with E-state index in [2.05, 4.69) is 29.6 Å². The van der Waals surface area contributed by atoms with Gasteiger partial charge in [0.25, 0.3) is 5.91 Å². The minimum absolute atomic E-state index is 0.0297. The highest BCUT2D eigenvalue weighted by atomic mass is 16.5. The van der Waals surface area contributed by atoms with E-state index in [1.54, 1.807) is 12.1 Å². The molecular weight excluding hydrogens is 408 g/mol. The molecule has 7 nitrogen and oxygen atoms in total. The zero-order chi connectivity index (χ0) is 22.7. The Bertz CT molecular complexity index is 1130. The minimum atomic E-state index is -1.09. The van der Waals surface area contributed by atoms with E-state index in [0.717, 1.165) is 27.2 Å². The van der Waals surface area contributed by atoms with Gasteiger partial charge in [-0.05, 0) is 46.5 Å². The molecule has 4 rings (SSSR count). The van der Waals surface area contributed by atoms with Crippen LogP contribution in [0.15, 0.2) is 72.8 Å². The van der Waals surface area contributed by atoms with E-state index in [0.29, 0.717) is 11.3 Å². The molecule has 0 aromatic heterocycles. The molecule has 0 bridgehead atoms. The predicted octanol–water partition coefficient (Wildman–Crippen LogP) is 4.20. The smallest absolute Gasteiger partial charge is 0.411 e. The topological polar surface area (TPSA) is 95.9 Å². The molecule has 1 aliphatic carbocycles. The third-order valence-electron chi connectivity index (χ3n) is 5.44. The first-order valence-electron chi connectivity index (χ1n) is 10.1. The van der Waals surface area contributed by atoms with Gasteiger partial charge >= 0.3 is 12.1 Å². The van der Waals surface area contributed by atoms with E-state index in [1.807, 2.05) is 24.3 Å². The second kappa shape index (κ2) is 8.93. The van der Waals surface area contributed by atoms with Gasteiger partial charge in [0.05, 0.1) is 0 Å². The first-order chi connectivity index (χ1) is 15.4. The number of anilines is 1. The third kappa shape index (κ3) is 4.32. The number of aliphatic carboxylic acids is 1. The lowest BCUT2D eigenvalue weighted by Crippen LogP contribution is -2.31. The van der Waals surface area contributed by atoms with Gasteiger partial charge in [-0.2, -0.15) is 0 Å². The molecule has 0 aliphatic heterocycles. The van der Waals surface area contributed by atoms with Crippen LogP contribution in [0.3, 0.4) is 0 Å². The van der Waals surface area contributed by atoms with Crippen LogP contribution < -0.4 is 5.32 Å². The van der Waals surface area contributed by atoms with Crippen LogP contribution in [0.2, 0.25) is 0 Å². The molecule has 0 saturated carbocycles. The number of nitrogens with zero attached hydrogens (tertiary/aromatic N) is 1. The van der Waals surface area contributed by atoms with Crippen LogP contribution in [0, 0.1) is 0 Å². The molecule has 0 radical (unpaired) electrons. The summed E-state index contributed by atoms with van der Waals surface area (Å²) in [6.45, 7) is -0.186. The summed E-state index contributed by atoms with van der Waals surface area (Å²) in [6.07, 6.45) is -0.589. The molecule has 162 valence electrons. The van der Waals surface area contributed by atoms with Gasteiger partial charge in [-0.3, -0.25) is 14.9 Å². The van der Waals surface area contributed by atoms with Crippen LogP contribution in [0.25, 0.3) is 11.1 Å². The number of nitrogens with one attached hydrogen (secondary N) is 1. The van der Waals surface area contributed by atoms with E-state index in [1.165, 1.54) is 19.2 Å². The van der Waals surface area contributed by atoms with Gasteiger partial charge in [-0.1, -0.05) is 48.5 Å². The standard InChI is InChI=1S/C25H22N2O5/c1-27(14-23(28)29)24(30)16-10-12-17(13-11-16)26-25(31)32-15-22-20-8-4-2-6-18(20)19-7-3-5-9-21(19)22/h2-13,22H,14-15H2,1H3,(H,26,31)(H,28,29). The SMILES string of the molecule is CN(CC(=O)O)C(=O)c1ccc(NC(=O)OCC2c3ccccc3-c3ccccc32)cc1. The Morgan fingerprint density at radius 2 is 1.47 bits per heavy atom. The number of carboxylic acids is 1. The Morgan fingerprint density at radius 1 is 0.906 bits per heavy atom. The summed E-state index contributed by atoms with van der Waals surface area (Å²) in [5, 5.41) is 11.5. The fourth-order valence-corrected chi connectivity index (χ4v) is 3.94. The number of hydrogen-bond donors (Lipinski definition) is 2. The van der Waals surface area contributed by atoms with Crippen molar-refractivity contribution >= 4 is 23.7 Å². The van der Waals surface area contributed by atoms with Gasteiger partial charge in [0.15, 0.2) is 0 Å². The van der Waals surface area contributed by atoms with Gasteiger partial charge in [-0.25, -0.2) is 4.79 Å². The Hall–Kier alpha value is -4.13. The molecule has 2 N–H and O–H groups in total. The lowest BCUT2D eigenvalue weighted by atomic mass is 9.98. The zero-order valence-corrected chi connectivity index (χ0v) is 17.4. The minimum Gasteiger partial charge on any atom is -0.480 e. The van der Waals surface area contributed by atoms with Crippen LogP contribution in [-0.2, 0) is 9.53 Å². The van der Waals surface area contributed by atoms with E-state index in [4.69, 9.17) is 9.84 Å². The van der Waals surface area contributed by atoms with Crippen LogP contribution in [0.5, 0.6) is 0 Å². The highest BCUT2D eigenvalue weighted by molar-refractivity contribution is 5.96. The quantitative estimate of drug-likeness (QED) is 0.611. The number of carbonyl (C=O) groups is 3. The largest absolute Gasteiger partial charge is 0.480 e. The zero-order valence-electron chi connectivity index (χ0n) is 17.4. The second-order valence-corrected chi connectivity index (χ2v) is 7.58. The molecule has 0 heterocycles.